The molecule has 0 saturated heterocycles. The van der Waals surface area contributed by atoms with E-state index in [-0.39, 0.29) is 11.5 Å². The maximum atomic E-state index is 9.44. The fourth-order valence-electron chi connectivity index (χ4n) is 2.35. The van der Waals surface area contributed by atoms with Gasteiger partial charge in [-0.05, 0) is 31.4 Å². The quantitative estimate of drug-likeness (QED) is 0.824. The first-order chi connectivity index (χ1) is 7.20. The van der Waals surface area contributed by atoms with E-state index < -0.39 is 0 Å². The molecule has 2 nitrogen and oxygen atoms in total. The van der Waals surface area contributed by atoms with Crippen LogP contribution in [0.4, 0.5) is 0 Å². The molecule has 0 radical (unpaired) electrons. The average molecular weight is 225 g/mol. The van der Waals surface area contributed by atoms with Crippen molar-refractivity contribution in [3.63, 3.8) is 0 Å². The fourth-order valence-corrected chi connectivity index (χ4v) is 3.68. The number of aliphatic hydroxyl groups excluding tert-OH is 1. The Kier molecular flexibility index (Phi) is 3.14. The van der Waals surface area contributed by atoms with Crippen molar-refractivity contribution in [2.24, 2.45) is 5.73 Å². The van der Waals surface area contributed by atoms with Crippen molar-refractivity contribution in [2.45, 2.75) is 44.1 Å². The molecule has 3 heteroatoms. The molecule has 1 aliphatic carbocycles. The molecule has 0 amide bonds. The molecule has 1 heterocycles. The molecule has 0 unspecified atom stereocenters. The van der Waals surface area contributed by atoms with Gasteiger partial charge in [0.15, 0.2) is 0 Å². The van der Waals surface area contributed by atoms with E-state index in [2.05, 4.69) is 19.1 Å². The van der Waals surface area contributed by atoms with E-state index in [0.717, 1.165) is 19.3 Å². The summed E-state index contributed by atoms with van der Waals surface area (Å²) in [5, 5.41) is 9.44. The van der Waals surface area contributed by atoms with Gasteiger partial charge in [0.1, 0.15) is 0 Å². The highest BCUT2D eigenvalue weighted by Gasteiger charge is 2.44. The molecule has 1 fully saturated rings. The molecule has 1 aromatic rings. The highest BCUT2D eigenvalue weighted by molar-refractivity contribution is 7.12. The van der Waals surface area contributed by atoms with Gasteiger partial charge in [0.2, 0.25) is 0 Å². The van der Waals surface area contributed by atoms with E-state index in [0.29, 0.717) is 6.54 Å². The standard InChI is InChI=1S/C12H19NOS/c1-2-3-10-4-5-11(15-10)12(8-13)6-9(14)7-12/h4-5,9,14H,2-3,6-8,13H2,1H3. The molecule has 84 valence electrons. The minimum atomic E-state index is -0.134. The van der Waals surface area contributed by atoms with Crippen molar-refractivity contribution in [1.29, 1.82) is 0 Å². The monoisotopic (exact) mass is 225 g/mol. The van der Waals surface area contributed by atoms with Crippen LogP contribution in [0.2, 0.25) is 0 Å². The van der Waals surface area contributed by atoms with E-state index in [1.54, 1.807) is 0 Å². The number of aliphatic hydroxyl groups is 1. The first-order valence-electron chi connectivity index (χ1n) is 5.67. The van der Waals surface area contributed by atoms with Crippen LogP contribution in [0, 0.1) is 0 Å². The van der Waals surface area contributed by atoms with Crippen molar-refractivity contribution < 1.29 is 5.11 Å². The summed E-state index contributed by atoms with van der Waals surface area (Å²) in [5.41, 5.74) is 5.94. The van der Waals surface area contributed by atoms with E-state index in [1.165, 1.54) is 16.2 Å². The second-order valence-corrected chi connectivity index (χ2v) is 5.73. The Morgan fingerprint density at radius 2 is 2.27 bits per heavy atom. The van der Waals surface area contributed by atoms with Crippen LogP contribution < -0.4 is 5.73 Å². The lowest BCUT2D eigenvalue weighted by atomic mass is 9.66. The zero-order valence-electron chi connectivity index (χ0n) is 9.20. The molecule has 1 aromatic heterocycles. The Balaban J connectivity index is 2.13. The van der Waals surface area contributed by atoms with Gasteiger partial charge in [-0.25, -0.2) is 0 Å². The summed E-state index contributed by atoms with van der Waals surface area (Å²) >= 11 is 1.88. The number of rotatable bonds is 4. The summed E-state index contributed by atoms with van der Waals surface area (Å²) in [6.07, 6.45) is 3.90. The third-order valence-corrected chi connectivity index (χ3v) is 4.72. The summed E-state index contributed by atoms with van der Waals surface area (Å²) in [6.45, 7) is 2.86. The second kappa shape index (κ2) is 4.24. The van der Waals surface area contributed by atoms with Gasteiger partial charge in [-0.2, -0.15) is 0 Å². The minimum Gasteiger partial charge on any atom is -0.393 e. The number of nitrogens with two attached hydrogens (primary N) is 1. The van der Waals surface area contributed by atoms with Crippen molar-refractivity contribution in [1.82, 2.24) is 0 Å². The highest BCUT2D eigenvalue weighted by atomic mass is 32.1. The number of aryl methyl sites for hydroxylation is 1. The summed E-state index contributed by atoms with van der Waals surface area (Å²) in [4.78, 5) is 2.82. The first kappa shape index (κ1) is 11.1. The van der Waals surface area contributed by atoms with E-state index in [1.807, 2.05) is 11.3 Å². The van der Waals surface area contributed by atoms with Crippen molar-refractivity contribution in [2.75, 3.05) is 6.54 Å². The number of hydrogen-bond donors (Lipinski definition) is 2. The molecule has 3 N–H and O–H groups in total. The molecule has 2 rings (SSSR count). The van der Waals surface area contributed by atoms with E-state index in [9.17, 15) is 5.11 Å². The summed E-state index contributed by atoms with van der Waals surface area (Å²) in [5.74, 6) is 0. The van der Waals surface area contributed by atoms with Crippen molar-refractivity contribution in [3.8, 4) is 0 Å². The van der Waals surface area contributed by atoms with Crippen LogP contribution in [-0.2, 0) is 11.8 Å². The Morgan fingerprint density at radius 3 is 2.80 bits per heavy atom. The molecule has 1 aliphatic rings. The SMILES string of the molecule is CCCc1ccc(C2(CN)CC(O)C2)s1. The van der Waals surface area contributed by atoms with Crippen LogP contribution in [0.15, 0.2) is 12.1 Å². The normalized spacial score (nSPS) is 30.2. The topological polar surface area (TPSA) is 46.2 Å². The van der Waals surface area contributed by atoms with Crippen LogP contribution >= 0.6 is 11.3 Å². The lowest BCUT2D eigenvalue weighted by Crippen LogP contribution is -2.49. The molecule has 0 aromatic carbocycles. The molecule has 0 spiro atoms. The summed E-state index contributed by atoms with van der Waals surface area (Å²) in [7, 11) is 0. The lowest BCUT2D eigenvalue weighted by molar-refractivity contribution is 0.0239. The summed E-state index contributed by atoms with van der Waals surface area (Å²) in [6, 6.07) is 4.42. The van der Waals surface area contributed by atoms with E-state index in [4.69, 9.17) is 5.73 Å². The molecule has 15 heavy (non-hydrogen) atoms. The third kappa shape index (κ3) is 1.96. The predicted octanol–water partition coefficient (Wildman–Crippen LogP) is 2.05. The summed E-state index contributed by atoms with van der Waals surface area (Å²) < 4.78 is 0. The fraction of sp³-hybridized carbons (Fsp3) is 0.667. The number of hydrogen-bond acceptors (Lipinski definition) is 3. The Hall–Kier alpha value is -0.380. The third-order valence-electron chi connectivity index (χ3n) is 3.32. The molecule has 0 bridgehead atoms. The largest absolute Gasteiger partial charge is 0.393 e. The molecule has 0 aliphatic heterocycles. The van der Waals surface area contributed by atoms with Crippen molar-refractivity contribution >= 4 is 11.3 Å². The van der Waals surface area contributed by atoms with Gasteiger partial charge >= 0.3 is 0 Å². The molecular formula is C12H19NOS. The van der Waals surface area contributed by atoms with Gasteiger partial charge in [0.05, 0.1) is 6.10 Å². The average Bonchev–Trinajstić information content (AvgIpc) is 2.62. The van der Waals surface area contributed by atoms with Gasteiger partial charge in [-0.1, -0.05) is 13.3 Å². The van der Waals surface area contributed by atoms with Crippen LogP contribution in [0.5, 0.6) is 0 Å². The van der Waals surface area contributed by atoms with E-state index >= 15 is 0 Å². The lowest BCUT2D eigenvalue weighted by Gasteiger charge is -2.44. The Labute approximate surface area is 95.1 Å². The number of thiophene rings is 1. The van der Waals surface area contributed by atoms with Crippen LogP contribution in [0.3, 0.4) is 0 Å². The Bertz CT molecular complexity index is 328. The first-order valence-corrected chi connectivity index (χ1v) is 6.49. The zero-order chi connectivity index (χ0) is 10.9. The molecule has 1 saturated carbocycles. The van der Waals surface area contributed by atoms with Gasteiger partial charge < -0.3 is 10.8 Å². The minimum absolute atomic E-state index is 0.0933. The highest BCUT2D eigenvalue weighted by Crippen LogP contribution is 2.45. The van der Waals surface area contributed by atoms with Crippen LogP contribution in [0.25, 0.3) is 0 Å². The van der Waals surface area contributed by atoms with Gasteiger partial charge in [0, 0.05) is 21.7 Å². The van der Waals surface area contributed by atoms with Crippen LogP contribution in [0.1, 0.15) is 35.9 Å². The molecular weight excluding hydrogens is 206 g/mol. The Morgan fingerprint density at radius 1 is 1.53 bits per heavy atom. The zero-order valence-corrected chi connectivity index (χ0v) is 10.0. The maximum Gasteiger partial charge on any atom is 0.0558 e. The smallest absolute Gasteiger partial charge is 0.0558 e. The van der Waals surface area contributed by atoms with Gasteiger partial charge in [-0.3, -0.25) is 0 Å². The predicted molar refractivity (Wildman–Crippen MR) is 64.3 cm³/mol. The van der Waals surface area contributed by atoms with Gasteiger partial charge in [0.25, 0.3) is 0 Å². The van der Waals surface area contributed by atoms with Gasteiger partial charge in [-0.15, -0.1) is 11.3 Å². The maximum absolute atomic E-state index is 9.44. The molecule has 0 atom stereocenters. The second-order valence-electron chi connectivity index (χ2n) is 4.56. The van der Waals surface area contributed by atoms with Crippen LogP contribution in [-0.4, -0.2) is 17.8 Å². The van der Waals surface area contributed by atoms with Crippen molar-refractivity contribution in [3.05, 3.63) is 21.9 Å².